The van der Waals surface area contributed by atoms with Crippen LogP contribution in [0.5, 0.6) is 5.75 Å². The number of anilines is 1. The third-order valence-corrected chi connectivity index (χ3v) is 5.10. The number of ether oxygens (including phenoxy) is 1. The van der Waals surface area contributed by atoms with E-state index in [0.29, 0.717) is 24.5 Å². The van der Waals surface area contributed by atoms with E-state index >= 15 is 0 Å². The molecule has 0 aliphatic heterocycles. The van der Waals surface area contributed by atoms with Gasteiger partial charge in [-0.3, -0.25) is 14.6 Å². The first-order valence-electron chi connectivity index (χ1n) is 8.71. The molecular weight excluding hydrogens is 380 g/mol. The summed E-state index contributed by atoms with van der Waals surface area (Å²) in [5, 5.41) is 3.11. The van der Waals surface area contributed by atoms with Gasteiger partial charge in [-0.2, -0.15) is 11.8 Å². The monoisotopic (exact) mass is 402 g/mol. The molecule has 4 N–H and O–H groups in total. The summed E-state index contributed by atoms with van der Waals surface area (Å²) in [6.45, 7) is 2.67. The summed E-state index contributed by atoms with van der Waals surface area (Å²) in [5.41, 5.74) is 2.88. The molecule has 0 saturated heterocycles. The van der Waals surface area contributed by atoms with Crippen molar-refractivity contribution in [1.29, 1.82) is 0 Å². The maximum absolute atomic E-state index is 12.3. The fourth-order valence-corrected chi connectivity index (χ4v) is 3.43. The molecule has 0 aliphatic carbocycles. The SMILES string of the molecule is COc1cc(Cc2cnc(NCCSCc3nc[nH]c3C)[nH]c2=O)c[nH]c1=O. The number of hydrogen-bond donors (Lipinski definition) is 4. The van der Waals surface area contributed by atoms with Gasteiger partial charge in [0.25, 0.3) is 11.1 Å². The van der Waals surface area contributed by atoms with Crippen LogP contribution in [-0.4, -0.2) is 44.3 Å². The van der Waals surface area contributed by atoms with Gasteiger partial charge >= 0.3 is 0 Å². The van der Waals surface area contributed by atoms with Gasteiger partial charge in [0.1, 0.15) is 0 Å². The van der Waals surface area contributed by atoms with E-state index in [1.807, 2.05) is 6.92 Å². The lowest BCUT2D eigenvalue weighted by Crippen LogP contribution is -2.18. The molecule has 0 amide bonds. The van der Waals surface area contributed by atoms with E-state index in [-0.39, 0.29) is 16.9 Å². The molecule has 3 aromatic rings. The standard InChI is InChI=1S/C18H22N6O3S/c1-11-14(23-10-22-11)9-28-4-3-19-18-21-8-13(16(25)24-18)5-12-6-15(27-2)17(26)20-7-12/h6-8,10H,3-5,9H2,1-2H3,(H,20,26)(H,22,23)(H2,19,21,24,25). The first kappa shape index (κ1) is 19.7. The van der Waals surface area contributed by atoms with E-state index in [4.69, 9.17) is 4.74 Å². The Morgan fingerprint density at radius 1 is 1.21 bits per heavy atom. The van der Waals surface area contributed by atoms with E-state index in [9.17, 15) is 9.59 Å². The predicted octanol–water partition coefficient (Wildman–Crippen LogP) is 1.43. The van der Waals surface area contributed by atoms with Crippen LogP contribution in [0.1, 0.15) is 22.5 Å². The number of rotatable bonds is 9. The van der Waals surface area contributed by atoms with Crippen LogP contribution in [0.25, 0.3) is 0 Å². The lowest BCUT2D eigenvalue weighted by molar-refractivity contribution is 0.407. The highest BCUT2D eigenvalue weighted by molar-refractivity contribution is 7.98. The number of methoxy groups -OCH3 is 1. The number of nitrogens with one attached hydrogen (secondary N) is 4. The van der Waals surface area contributed by atoms with E-state index < -0.39 is 0 Å². The summed E-state index contributed by atoms with van der Waals surface area (Å²) >= 11 is 1.75. The molecule has 10 heteroatoms. The maximum atomic E-state index is 12.3. The van der Waals surface area contributed by atoms with Crippen molar-refractivity contribution in [2.75, 3.05) is 24.7 Å². The Kier molecular flexibility index (Phi) is 6.53. The van der Waals surface area contributed by atoms with Gasteiger partial charge in [0.05, 0.1) is 19.1 Å². The quantitative estimate of drug-likeness (QED) is 0.399. The van der Waals surface area contributed by atoms with E-state index in [1.54, 1.807) is 36.5 Å². The number of aromatic amines is 3. The zero-order valence-electron chi connectivity index (χ0n) is 15.7. The Morgan fingerprint density at radius 2 is 2.07 bits per heavy atom. The molecule has 3 rings (SSSR count). The summed E-state index contributed by atoms with van der Waals surface area (Å²) < 4.78 is 5.00. The number of aryl methyl sites for hydroxylation is 1. The van der Waals surface area contributed by atoms with Gasteiger partial charge in [-0.25, -0.2) is 9.97 Å². The summed E-state index contributed by atoms with van der Waals surface area (Å²) in [6.07, 6.45) is 5.14. The van der Waals surface area contributed by atoms with Gasteiger partial charge < -0.3 is 20.0 Å². The zero-order chi connectivity index (χ0) is 19.9. The van der Waals surface area contributed by atoms with Crippen LogP contribution < -0.4 is 21.2 Å². The van der Waals surface area contributed by atoms with Crippen molar-refractivity contribution in [2.24, 2.45) is 0 Å². The van der Waals surface area contributed by atoms with E-state index in [2.05, 4.69) is 30.2 Å². The minimum Gasteiger partial charge on any atom is -0.491 e. The summed E-state index contributed by atoms with van der Waals surface area (Å²) in [7, 11) is 1.43. The highest BCUT2D eigenvalue weighted by Gasteiger charge is 2.07. The van der Waals surface area contributed by atoms with Crippen LogP contribution in [0.2, 0.25) is 0 Å². The normalized spacial score (nSPS) is 10.8. The molecule has 9 nitrogen and oxygen atoms in total. The maximum Gasteiger partial charge on any atom is 0.290 e. The summed E-state index contributed by atoms with van der Waals surface area (Å²) in [6, 6.07) is 1.61. The molecule has 0 atom stereocenters. The van der Waals surface area contributed by atoms with Crippen molar-refractivity contribution in [3.63, 3.8) is 0 Å². The second-order valence-corrected chi connectivity index (χ2v) is 7.23. The van der Waals surface area contributed by atoms with Crippen molar-refractivity contribution < 1.29 is 4.74 Å². The van der Waals surface area contributed by atoms with Crippen LogP contribution in [-0.2, 0) is 12.2 Å². The average molecular weight is 402 g/mol. The Hall–Kier alpha value is -3.01. The predicted molar refractivity (Wildman–Crippen MR) is 109 cm³/mol. The molecule has 0 aromatic carbocycles. The van der Waals surface area contributed by atoms with E-state index in [1.165, 1.54) is 7.11 Å². The molecule has 0 unspecified atom stereocenters. The minimum absolute atomic E-state index is 0.211. The highest BCUT2D eigenvalue weighted by atomic mass is 32.2. The van der Waals surface area contributed by atoms with Crippen LogP contribution >= 0.6 is 11.8 Å². The van der Waals surface area contributed by atoms with Crippen LogP contribution in [0.3, 0.4) is 0 Å². The van der Waals surface area contributed by atoms with E-state index in [0.717, 1.165) is 28.5 Å². The third-order valence-electron chi connectivity index (χ3n) is 4.13. The van der Waals surface area contributed by atoms with Crippen molar-refractivity contribution in [2.45, 2.75) is 19.1 Å². The second-order valence-electron chi connectivity index (χ2n) is 6.12. The largest absolute Gasteiger partial charge is 0.491 e. The van der Waals surface area contributed by atoms with Crippen LogP contribution in [0.4, 0.5) is 5.95 Å². The number of nitrogens with zero attached hydrogens (tertiary/aromatic N) is 2. The number of imidazole rings is 1. The first-order chi connectivity index (χ1) is 13.6. The number of H-pyrrole nitrogens is 3. The minimum atomic E-state index is -0.307. The van der Waals surface area contributed by atoms with Gasteiger partial charge in [-0.1, -0.05) is 0 Å². The van der Waals surface area contributed by atoms with Crippen molar-refractivity contribution >= 4 is 17.7 Å². The van der Waals surface area contributed by atoms with Gasteiger partial charge in [0.2, 0.25) is 5.95 Å². The number of hydrogen-bond acceptors (Lipinski definition) is 7. The zero-order valence-corrected chi connectivity index (χ0v) is 16.5. The second kappa shape index (κ2) is 9.27. The first-order valence-corrected chi connectivity index (χ1v) is 9.86. The lowest BCUT2D eigenvalue weighted by atomic mass is 10.1. The molecule has 3 heterocycles. The van der Waals surface area contributed by atoms with Gasteiger partial charge in [-0.05, 0) is 18.6 Å². The Bertz CT molecular complexity index is 1040. The number of pyridine rings is 1. The van der Waals surface area contributed by atoms with Crippen molar-refractivity contribution in [3.8, 4) is 5.75 Å². The molecule has 0 saturated carbocycles. The van der Waals surface area contributed by atoms with Crippen LogP contribution in [0.15, 0.2) is 34.4 Å². The van der Waals surface area contributed by atoms with Crippen LogP contribution in [0, 0.1) is 6.92 Å². The van der Waals surface area contributed by atoms with Crippen molar-refractivity contribution in [1.82, 2.24) is 24.9 Å². The van der Waals surface area contributed by atoms with Gasteiger partial charge in [-0.15, -0.1) is 0 Å². The molecular formula is C18H22N6O3S. The van der Waals surface area contributed by atoms with Gasteiger partial charge in [0, 0.05) is 48.1 Å². The summed E-state index contributed by atoms with van der Waals surface area (Å²) in [5.74, 6) is 2.34. The van der Waals surface area contributed by atoms with Gasteiger partial charge in [0.15, 0.2) is 5.75 Å². The molecule has 0 fully saturated rings. The topological polar surface area (TPSA) is 129 Å². The Balaban J connectivity index is 1.51. The molecule has 3 aromatic heterocycles. The highest BCUT2D eigenvalue weighted by Crippen LogP contribution is 2.12. The third kappa shape index (κ3) is 5.03. The number of aromatic nitrogens is 5. The average Bonchev–Trinajstić information content (AvgIpc) is 3.10. The Labute approximate surface area is 165 Å². The molecule has 148 valence electrons. The lowest BCUT2D eigenvalue weighted by Gasteiger charge is -2.07. The summed E-state index contributed by atoms with van der Waals surface area (Å²) in [4.78, 5) is 40.7. The molecule has 0 aliphatic rings. The fourth-order valence-electron chi connectivity index (χ4n) is 2.56. The molecule has 0 radical (unpaired) electrons. The fraction of sp³-hybridized carbons (Fsp3) is 0.333. The molecule has 0 spiro atoms. The van der Waals surface area contributed by atoms with Crippen molar-refractivity contribution in [3.05, 3.63) is 68.0 Å². The Morgan fingerprint density at radius 3 is 2.79 bits per heavy atom. The molecule has 28 heavy (non-hydrogen) atoms. The molecule has 0 bridgehead atoms. The number of thioether (sulfide) groups is 1. The smallest absolute Gasteiger partial charge is 0.290 e.